The molecule has 0 saturated carbocycles. The number of rotatable bonds is 4. The Kier molecular flexibility index (Phi) is 5.06. The molecule has 1 saturated heterocycles. The third kappa shape index (κ3) is 3.38. The van der Waals surface area contributed by atoms with Gasteiger partial charge >= 0.3 is 5.97 Å². The first-order chi connectivity index (χ1) is 12.0. The average molecular weight is 364 g/mol. The fourth-order valence-electron chi connectivity index (χ4n) is 2.99. The summed E-state index contributed by atoms with van der Waals surface area (Å²) in [5.74, 6) is -1.13. The van der Waals surface area contributed by atoms with Gasteiger partial charge in [-0.25, -0.2) is 4.79 Å². The molecule has 2 aromatic rings. The van der Waals surface area contributed by atoms with E-state index in [1.165, 1.54) is 18.3 Å². The van der Waals surface area contributed by atoms with Gasteiger partial charge in [-0.3, -0.25) is 4.79 Å². The zero-order valence-corrected chi connectivity index (χ0v) is 14.4. The molecule has 0 bridgehead atoms. The highest BCUT2D eigenvalue weighted by Crippen LogP contribution is 2.26. The SMILES string of the molecule is COC1CCN(c2cnn(-c3ccccc3C(=O)O)c(=O)c2Cl)CC1. The normalized spacial score (nSPS) is 15.4. The van der Waals surface area contributed by atoms with E-state index in [1.54, 1.807) is 19.2 Å². The minimum absolute atomic E-state index is 0.0122. The van der Waals surface area contributed by atoms with Crippen LogP contribution in [0, 0.1) is 0 Å². The van der Waals surface area contributed by atoms with Crippen molar-refractivity contribution in [3.63, 3.8) is 0 Å². The lowest BCUT2D eigenvalue weighted by atomic mass is 10.1. The van der Waals surface area contributed by atoms with Crippen LogP contribution in [0.4, 0.5) is 5.69 Å². The van der Waals surface area contributed by atoms with Gasteiger partial charge in [-0.15, -0.1) is 0 Å². The van der Waals surface area contributed by atoms with Crippen molar-refractivity contribution in [3.8, 4) is 5.69 Å². The summed E-state index contributed by atoms with van der Waals surface area (Å²) in [6.45, 7) is 1.43. The number of piperidine rings is 1. The van der Waals surface area contributed by atoms with Crippen LogP contribution in [0.15, 0.2) is 35.3 Å². The zero-order valence-electron chi connectivity index (χ0n) is 13.7. The summed E-state index contributed by atoms with van der Waals surface area (Å²) in [6, 6.07) is 6.18. The van der Waals surface area contributed by atoms with Crippen molar-refractivity contribution < 1.29 is 14.6 Å². The molecule has 1 aliphatic heterocycles. The van der Waals surface area contributed by atoms with Gasteiger partial charge in [0.1, 0.15) is 5.02 Å². The Balaban J connectivity index is 1.97. The summed E-state index contributed by atoms with van der Waals surface area (Å²) in [7, 11) is 1.69. The fourth-order valence-corrected chi connectivity index (χ4v) is 3.24. The molecule has 2 heterocycles. The van der Waals surface area contributed by atoms with E-state index in [-0.39, 0.29) is 22.4 Å². The predicted octanol–water partition coefficient (Wildman–Crippen LogP) is 2.20. The Bertz CT molecular complexity index is 844. The van der Waals surface area contributed by atoms with Gasteiger partial charge in [0.05, 0.1) is 29.2 Å². The molecule has 1 N–H and O–H groups in total. The molecule has 0 atom stereocenters. The first-order valence-electron chi connectivity index (χ1n) is 7.91. The number of carboxylic acid groups (broad SMARTS) is 1. The molecule has 7 nitrogen and oxygen atoms in total. The first kappa shape index (κ1) is 17.4. The number of hydrogen-bond donors (Lipinski definition) is 1. The van der Waals surface area contributed by atoms with E-state index >= 15 is 0 Å². The minimum atomic E-state index is -1.13. The molecule has 1 fully saturated rings. The minimum Gasteiger partial charge on any atom is -0.478 e. The highest BCUT2D eigenvalue weighted by molar-refractivity contribution is 6.33. The number of carbonyl (C=O) groups is 1. The van der Waals surface area contributed by atoms with Crippen LogP contribution in [0.3, 0.4) is 0 Å². The Morgan fingerprint density at radius 3 is 2.60 bits per heavy atom. The number of halogens is 1. The third-order valence-electron chi connectivity index (χ3n) is 4.38. The Labute approximate surface area is 149 Å². The number of methoxy groups -OCH3 is 1. The highest BCUT2D eigenvalue weighted by Gasteiger charge is 2.23. The number of benzene rings is 1. The number of hydrogen-bond acceptors (Lipinski definition) is 5. The smallest absolute Gasteiger partial charge is 0.337 e. The van der Waals surface area contributed by atoms with Crippen LogP contribution in [0.5, 0.6) is 0 Å². The standard InChI is InChI=1S/C17H18ClN3O4/c1-25-11-6-8-20(9-7-11)14-10-19-21(16(22)15(14)18)13-5-3-2-4-12(13)17(23)24/h2-5,10-11H,6-9H2,1H3,(H,23,24). The topological polar surface area (TPSA) is 84.7 Å². The lowest BCUT2D eigenvalue weighted by Gasteiger charge is -2.33. The number of para-hydroxylation sites is 1. The summed E-state index contributed by atoms with van der Waals surface area (Å²) in [5.41, 5.74) is 0.195. The molecule has 25 heavy (non-hydrogen) atoms. The van der Waals surface area contributed by atoms with Gasteiger partial charge < -0.3 is 14.7 Å². The molecule has 0 aliphatic carbocycles. The maximum Gasteiger partial charge on any atom is 0.337 e. The summed E-state index contributed by atoms with van der Waals surface area (Å²) in [5, 5.41) is 13.5. The van der Waals surface area contributed by atoms with E-state index in [9.17, 15) is 14.7 Å². The van der Waals surface area contributed by atoms with Gasteiger partial charge in [0.25, 0.3) is 5.56 Å². The van der Waals surface area contributed by atoms with Gasteiger partial charge in [-0.1, -0.05) is 23.7 Å². The van der Waals surface area contributed by atoms with E-state index < -0.39 is 11.5 Å². The molecule has 0 radical (unpaired) electrons. The van der Waals surface area contributed by atoms with Crippen LogP contribution in [0.1, 0.15) is 23.2 Å². The molecule has 0 spiro atoms. The van der Waals surface area contributed by atoms with E-state index in [0.717, 1.165) is 30.6 Å². The lowest BCUT2D eigenvalue weighted by molar-refractivity contribution is 0.0696. The van der Waals surface area contributed by atoms with E-state index in [0.29, 0.717) is 5.69 Å². The van der Waals surface area contributed by atoms with E-state index in [2.05, 4.69) is 5.10 Å². The van der Waals surface area contributed by atoms with Crippen LogP contribution in [-0.2, 0) is 4.74 Å². The Morgan fingerprint density at radius 1 is 1.28 bits per heavy atom. The molecular weight excluding hydrogens is 346 g/mol. The fraction of sp³-hybridized carbons (Fsp3) is 0.353. The summed E-state index contributed by atoms with van der Waals surface area (Å²) in [6.07, 6.45) is 3.41. The van der Waals surface area contributed by atoms with Gasteiger partial charge in [0.2, 0.25) is 0 Å². The molecule has 132 valence electrons. The molecular formula is C17H18ClN3O4. The summed E-state index contributed by atoms with van der Waals surface area (Å²) in [4.78, 5) is 26.0. The number of ether oxygens (including phenoxy) is 1. The van der Waals surface area contributed by atoms with Crippen molar-refractivity contribution in [2.75, 3.05) is 25.1 Å². The number of nitrogens with zero attached hydrogens (tertiary/aromatic N) is 3. The monoisotopic (exact) mass is 363 g/mol. The van der Waals surface area contributed by atoms with Crippen molar-refractivity contribution >= 4 is 23.3 Å². The maximum atomic E-state index is 12.7. The quantitative estimate of drug-likeness (QED) is 0.896. The second-order valence-corrected chi connectivity index (χ2v) is 6.18. The molecule has 8 heteroatoms. The number of aromatic carboxylic acids is 1. The molecule has 1 aromatic heterocycles. The van der Waals surface area contributed by atoms with Crippen molar-refractivity contribution in [1.82, 2.24) is 9.78 Å². The van der Waals surface area contributed by atoms with Crippen LogP contribution in [-0.4, -0.2) is 47.2 Å². The van der Waals surface area contributed by atoms with E-state index in [1.807, 2.05) is 4.90 Å². The average Bonchev–Trinajstić information content (AvgIpc) is 2.64. The molecule has 0 unspecified atom stereocenters. The third-order valence-corrected chi connectivity index (χ3v) is 4.73. The van der Waals surface area contributed by atoms with Crippen LogP contribution < -0.4 is 10.5 Å². The van der Waals surface area contributed by atoms with Crippen LogP contribution in [0.25, 0.3) is 5.69 Å². The first-order valence-corrected chi connectivity index (χ1v) is 8.29. The molecule has 0 amide bonds. The van der Waals surface area contributed by atoms with Crippen molar-refractivity contribution in [3.05, 3.63) is 51.4 Å². The van der Waals surface area contributed by atoms with Crippen LogP contribution >= 0.6 is 11.6 Å². The van der Waals surface area contributed by atoms with Crippen molar-refractivity contribution in [2.45, 2.75) is 18.9 Å². The lowest BCUT2D eigenvalue weighted by Crippen LogP contribution is -2.38. The summed E-state index contributed by atoms with van der Waals surface area (Å²) >= 11 is 6.29. The molecule has 3 rings (SSSR count). The zero-order chi connectivity index (χ0) is 18.0. The second kappa shape index (κ2) is 7.25. The Morgan fingerprint density at radius 2 is 1.96 bits per heavy atom. The number of anilines is 1. The Hall–Kier alpha value is -2.38. The highest BCUT2D eigenvalue weighted by atomic mass is 35.5. The van der Waals surface area contributed by atoms with Gasteiger partial charge in [-0.2, -0.15) is 9.78 Å². The largest absolute Gasteiger partial charge is 0.478 e. The second-order valence-electron chi connectivity index (χ2n) is 5.81. The molecule has 1 aromatic carbocycles. The van der Waals surface area contributed by atoms with Gasteiger partial charge in [0, 0.05) is 20.2 Å². The maximum absolute atomic E-state index is 12.7. The van der Waals surface area contributed by atoms with Crippen LogP contribution in [0.2, 0.25) is 5.02 Å². The molecule has 1 aliphatic rings. The number of carboxylic acids is 1. The van der Waals surface area contributed by atoms with Gasteiger partial charge in [-0.05, 0) is 25.0 Å². The predicted molar refractivity (Wildman–Crippen MR) is 94.0 cm³/mol. The summed E-state index contributed by atoms with van der Waals surface area (Å²) < 4.78 is 6.37. The van der Waals surface area contributed by atoms with E-state index in [4.69, 9.17) is 16.3 Å². The van der Waals surface area contributed by atoms with Gasteiger partial charge in [0.15, 0.2) is 0 Å². The van der Waals surface area contributed by atoms with Crippen molar-refractivity contribution in [1.29, 1.82) is 0 Å². The number of aromatic nitrogens is 2. The van der Waals surface area contributed by atoms with Crippen molar-refractivity contribution in [2.24, 2.45) is 0 Å².